The van der Waals surface area contributed by atoms with Crippen molar-refractivity contribution in [1.82, 2.24) is 0 Å². The highest BCUT2D eigenvalue weighted by Crippen LogP contribution is 2.69. The molecular formula is C15H12O6. The molecule has 4 aliphatic carbocycles. The van der Waals surface area contributed by atoms with Gasteiger partial charge in [-0.1, -0.05) is 11.6 Å². The van der Waals surface area contributed by atoms with Crippen molar-refractivity contribution in [2.24, 2.45) is 47.3 Å². The van der Waals surface area contributed by atoms with Crippen LogP contribution in [0.5, 0.6) is 0 Å². The Labute approximate surface area is 119 Å². The second-order valence-electron chi connectivity index (χ2n) is 6.75. The Hall–Kier alpha value is -1.98. The zero-order valence-electron chi connectivity index (χ0n) is 11.1. The third kappa shape index (κ3) is 1.06. The van der Waals surface area contributed by atoms with Crippen LogP contribution in [0.2, 0.25) is 0 Å². The van der Waals surface area contributed by atoms with E-state index >= 15 is 0 Å². The number of rotatable bonds is 0. The Balaban J connectivity index is 1.66. The van der Waals surface area contributed by atoms with E-state index in [4.69, 9.17) is 9.47 Å². The first kappa shape index (κ1) is 11.7. The molecule has 0 N–H and O–H groups in total. The molecule has 8 atom stereocenters. The highest BCUT2D eigenvalue weighted by atomic mass is 16.6. The molecule has 0 aromatic heterocycles. The molecular weight excluding hydrogens is 276 g/mol. The van der Waals surface area contributed by atoms with E-state index < -0.39 is 47.5 Å². The highest BCUT2D eigenvalue weighted by Gasteiger charge is 2.75. The van der Waals surface area contributed by atoms with E-state index in [9.17, 15) is 19.2 Å². The summed E-state index contributed by atoms with van der Waals surface area (Å²) in [4.78, 5) is 47.7. The Kier molecular flexibility index (Phi) is 1.81. The highest BCUT2D eigenvalue weighted by molar-refractivity contribution is 6.01. The molecule has 6 rings (SSSR count). The van der Waals surface area contributed by atoms with Crippen molar-refractivity contribution < 1.29 is 28.7 Å². The molecule has 2 saturated heterocycles. The van der Waals surface area contributed by atoms with Crippen LogP contribution >= 0.6 is 0 Å². The van der Waals surface area contributed by atoms with Gasteiger partial charge in [0.05, 0.1) is 23.7 Å². The van der Waals surface area contributed by atoms with Crippen molar-refractivity contribution in [2.75, 3.05) is 0 Å². The molecule has 21 heavy (non-hydrogen) atoms. The molecule has 0 spiro atoms. The third-order valence-electron chi connectivity index (χ3n) is 6.18. The second kappa shape index (κ2) is 3.26. The first-order valence-corrected chi connectivity index (χ1v) is 7.20. The summed E-state index contributed by atoms with van der Waals surface area (Å²) in [6.07, 6.45) is 2.00. The quantitative estimate of drug-likeness (QED) is 0.356. The molecule has 6 heteroatoms. The lowest BCUT2D eigenvalue weighted by Gasteiger charge is -2.60. The second-order valence-corrected chi connectivity index (χ2v) is 6.75. The van der Waals surface area contributed by atoms with Gasteiger partial charge in [0, 0.05) is 0 Å². The first-order chi connectivity index (χ1) is 10.0. The van der Waals surface area contributed by atoms with Gasteiger partial charge in [-0.05, 0) is 30.6 Å². The van der Waals surface area contributed by atoms with E-state index in [0.717, 1.165) is 5.57 Å². The van der Waals surface area contributed by atoms with E-state index in [-0.39, 0.29) is 23.7 Å². The number of hydrogen-bond acceptors (Lipinski definition) is 6. The molecule has 2 saturated carbocycles. The van der Waals surface area contributed by atoms with Crippen LogP contribution in [0, 0.1) is 47.3 Å². The number of carbonyl (C=O) groups excluding carboxylic acids is 4. The van der Waals surface area contributed by atoms with E-state index in [1.54, 1.807) is 0 Å². The number of esters is 4. The maximum absolute atomic E-state index is 12.0. The van der Waals surface area contributed by atoms with Gasteiger partial charge in [-0.15, -0.1) is 0 Å². The maximum Gasteiger partial charge on any atom is 0.318 e. The molecule has 4 fully saturated rings. The SMILES string of the molecule is CC1=C[C@@H]2[C@H]3C(=O)OC(=O)[C@H]3[C@H]1[C@H]1[C@H]3C(=O)OC(=O)[C@H]3[C@@H]21. The van der Waals surface area contributed by atoms with E-state index in [2.05, 4.69) is 0 Å². The first-order valence-electron chi connectivity index (χ1n) is 7.20. The number of carbonyl (C=O) groups is 4. The summed E-state index contributed by atoms with van der Waals surface area (Å²) in [5, 5.41) is 0. The fourth-order valence-corrected chi connectivity index (χ4v) is 5.60. The van der Waals surface area contributed by atoms with E-state index in [1.165, 1.54) is 0 Å². The van der Waals surface area contributed by atoms with Gasteiger partial charge >= 0.3 is 23.9 Å². The minimum absolute atomic E-state index is 0.0661. The predicted molar refractivity (Wildman–Crippen MR) is 63.9 cm³/mol. The van der Waals surface area contributed by atoms with Crippen LogP contribution in [0.4, 0.5) is 0 Å². The number of allylic oxidation sites excluding steroid dienone is 2. The zero-order valence-corrected chi connectivity index (χ0v) is 11.1. The largest absolute Gasteiger partial charge is 0.393 e. The number of hydrogen-bond donors (Lipinski definition) is 0. The number of cyclic esters (lactones) is 4. The van der Waals surface area contributed by atoms with Gasteiger partial charge in [-0.3, -0.25) is 19.2 Å². The van der Waals surface area contributed by atoms with Crippen molar-refractivity contribution in [2.45, 2.75) is 6.92 Å². The molecule has 2 bridgehead atoms. The van der Waals surface area contributed by atoms with Gasteiger partial charge in [0.15, 0.2) is 0 Å². The summed E-state index contributed by atoms with van der Waals surface area (Å²) in [7, 11) is 0. The normalized spacial score (nSPS) is 52.5. The summed E-state index contributed by atoms with van der Waals surface area (Å²) >= 11 is 0. The monoisotopic (exact) mass is 288 g/mol. The topological polar surface area (TPSA) is 86.7 Å². The fourth-order valence-electron chi connectivity index (χ4n) is 5.60. The molecule has 6 nitrogen and oxygen atoms in total. The molecule has 0 aromatic carbocycles. The molecule has 6 aliphatic rings. The van der Waals surface area contributed by atoms with Crippen LogP contribution in [0.1, 0.15) is 6.92 Å². The summed E-state index contributed by atoms with van der Waals surface area (Å²) < 4.78 is 9.60. The van der Waals surface area contributed by atoms with Crippen LogP contribution in [-0.4, -0.2) is 23.9 Å². The van der Waals surface area contributed by atoms with Crippen LogP contribution in [0.15, 0.2) is 11.6 Å². The minimum Gasteiger partial charge on any atom is -0.393 e. The molecule has 2 aliphatic heterocycles. The van der Waals surface area contributed by atoms with Crippen molar-refractivity contribution in [3.63, 3.8) is 0 Å². The maximum atomic E-state index is 12.0. The molecule has 0 radical (unpaired) electrons. The molecule has 108 valence electrons. The van der Waals surface area contributed by atoms with Gasteiger partial charge in [0.1, 0.15) is 0 Å². The standard InChI is InChI=1S/C15H12O6/c1-3-2-4-6-8(11-10(6)14(18)21-15(11)19)5(3)9-7(4)12(16)20-13(9)17/h2,4-11H,1H3/t4-,5+,6-,7+,8+,9-,10-,11+/m0/s1. The van der Waals surface area contributed by atoms with E-state index in [1.807, 2.05) is 13.0 Å². The molecule has 0 unspecified atom stereocenters. The predicted octanol–water partition coefficient (Wildman–Crippen LogP) is 0.0699. The van der Waals surface area contributed by atoms with Crippen molar-refractivity contribution in [3.05, 3.63) is 11.6 Å². The van der Waals surface area contributed by atoms with Gasteiger partial charge in [-0.25, -0.2) is 0 Å². The average Bonchev–Trinajstić information content (AvgIpc) is 2.79. The van der Waals surface area contributed by atoms with Crippen molar-refractivity contribution in [3.8, 4) is 0 Å². The molecule has 0 aromatic rings. The summed E-state index contributed by atoms with van der Waals surface area (Å²) in [6, 6.07) is 0. The van der Waals surface area contributed by atoms with Crippen LogP contribution < -0.4 is 0 Å². The summed E-state index contributed by atoms with van der Waals surface area (Å²) in [5.74, 6) is -4.27. The smallest absolute Gasteiger partial charge is 0.318 e. The van der Waals surface area contributed by atoms with Gasteiger partial charge in [0.2, 0.25) is 0 Å². The Morgan fingerprint density at radius 2 is 1.24 bits per heavy atom. The zero-order chi connectivity index (χ0) is 14.6. The Morgan fingerprint density at radius 1 is 0.714 bits per heavy atom. The average molecular weight is 288 g/mol. The van der Waals surface area contributed by atoms with Crippen LogP contribution in [-0.2, 0) is 28.7 Å². The molecule has 2 heterocycles. The van der Waals surface area contributed by atoms with Crippen molar-refractivity contribution >= 4 is 23.9 Å². The van der Waals surface area contributed by atoms with Crippen LogP contribution in [0.3, 0.4) is 0 Å². The third-order valence-corrected chi connectivity index (χ3v) is 6.18. The summed E-state index contributed by atoms with van der Waals surface area (Å²) in [5.41, 5.74) is 1.03. The lowest BCUT2D eigenvalue weighted by atomic mass is 9.39. The Morgan fingerprint density at radius 3 is 1.90 bits per heavy atom. The number of ether oxygens (including phenoxy) is 2. The van der Waals surface area contributed by atoms with Crippen molar-refractivity contribution in [1.29, 1.82) is 0 Å². The van der Waals surface area contributed by atoms with Gasteiger partial charge in [0.25, 0.3) is 0 Å². The summed E-state index contributed by atoms with van der Waals surface area (Å²) in [6.45, 7) is 1.93. The Bertz CT molecular complexity index is 676. The lowest BCUT2D eigenvalue weighted by molar-refractivity contribution is -0.168. The van der Waals surface area contributed by atoms with Gasteiger partial charge < -0.3 is 9.47 Å². The van der Waals surface area contributed by atoms with Gasteiger partial charge in [-0.2, -0.15) is 0 Å². The fraction of sp³-hybridized carbons (Fsp3) is 0.600. The molecule has 0 amide bonds. The number of fused-ring (bicyclic) bond motifs is 1. The lowest BCUT2D eigenvalue weighted by Crippen LogP contribution is -2.64. The van der Waals surface area contributed by atoms with Crippen LogP contribution in [0.25, 0.3) is 0 Å². The minimum atomic E-state index is -0.489. The van der Waals surface area contributed by atoms with E-state index in [0.29, 0.717) is 0 Å².